The summed E-state index contributed by atoms with van der Waals surface area (Å²) in [6.07, 6.45) is 4.44. The van der Waals surface area contributed by atoms with E-state index in [2.05, 4.69) is 50.6 Å². The predicted molar refractivity (Wildman–Crippen MR) is 139 cm³/mol. The topological polar surface area (TPSA) is 52.6 Å². The average Bonchev–Trinajstić information content (AvgIpc) is 3.04. The number of rotatable bonds is 4. The first-order chi connectivity index (χ1) is 11.1. The van der Waals surface area contributed by atoms with Gasteiger partial charge < -0.3 is 9.47 Å². The molecule has 2 saturated heterocycles. The van der Waals surface area contributed by atoms with Crippen LogP contribution in [0.2, 0.25) is 45.3 Å². The molecule has 2 heterocycles. The van der Waals surface area contributed by atoms with Gasteiger partial charge in [0.05, 0.1) is 25.0 Å². The molecule has 0 aromatic heterocycles. The molecule has 0 radical (unpaired) electrons. The quantitative estimate of drug-likeness (QED) is 0.183. The largest absolute Gasteiger partial charge is 0.465 e. The molecule has 2 unspecified atom stereocenters. The van der Waals surface area contributed by atoms with E-state index in [-0.39, 0.29) is 90.8 Å². The van der Waals surface area contributed by atoms with Gasteiger partial charge in [-0.25, -0.2) is 0 Å². The fourth-order valence-corrected chi connectivity index (χ4v) is 3.35. The van der Waals surface area contributed by atoms with Crippen LogP contribution in [-0.4, -0.2) is 42.0 Å². The van der Waals surface area contributed by atoms with E-state index in [1.54, 1.807) is 6.08 Å². The Morgan fingerprint density at radius 2 is 1.33 bits per heavy atom. The summed E-state index contributed by atoms with van der Waals surface area (Å²) in [5, 5.41) is 0. The molecule has 0 aromatic rings. The monoisotopic (exact) mass is 647 g/mol. The van der Waals surface area contributed by atoms with Crippen molar-refractivity contribution in [3.05, 3.63) is 12.7 Å². The Morgan fingerprint density at radius 3 is 1.57 bits per heavy atom. The molecule has 0 bridgehead atoms. The molecule has 0 aliphatic carbocycles. The third kappa shape index (κ3) is 25.8. The number of carbonyl (C=O) groups excluding carboxylic acids is 2. The maximum atomic E-state index is 11.1. The summed E-state index contributed by atoms with van der Waals surface area (Å²) in [6.45, 7) is 18.6. The summed E-state index contributed by atoms with van der Waals surface area (Å²) in [5.41, 5.74) is 0. The normalized spacial score (nSPS) is 18.2. The van der Waals surface area contributed by atoms with Gasteiger partial charge in [0.25, 0.3) is 0 Å². The summed E-state index contributed by atoms with van der Waals surface area (Å²) >= 11 is 0. The number of cyclic esters (lactones) is 2. The van der Waals surface area contributed by atoms with Crippen molar-refractivity contribution >= 4 is 28.8 Å². The van der Waals surface area contributed by atoms with Gasteiger partial charge in [0.15, 0.2) is 0 Å². The molecule has 190 valence electrons. The van der Waals surface area contributed by atoms with E-state index in [0.717, 1.165) is 19.3 Å². The van der Waals surface area contributed by atoms with Crippen molar-refractivity contribution in [3.63, 3.8) is 0 Å². The van der Waals surface area contributed by atoms with Crippen LogP contribution in [0, 0.1) is 11.8 Å². The molecule has 7 heteroatoms. The molecule has 0 amide bonds. The zero-order chi connectivity index (χ0) is 18.8. The Labute approximate surface area is 207 Å². The maximum absolute atomic E-state index is 11.1. The Kier molecular flexibility index (Phi) is 39.7. The van der Waals surface area contributed by atoms with Crippen molar-refractivity contribution in [1.29, 1.82) is 0 Å². The van der Waals surface area contributed by atoms with Crippen molar-refractivity contribution in [2.24, 2.45) is 11.8 Å². The van der Waals surface area contributed by atoms with Crippen molar-refractivity contribution in [3.8, 4) is 0 Å². The first kappa shape index (κ1) is 47.5. The second-order valence-corrected chi connectivity index (χ2v) is 17.4. The Hall–Kier alpha value is -0.198. The molecule has 30 heavy (non-hydrogen) atoms. The fraction of sp³-hybridized carbons (Fsp3) is 0.826. The molecule has 0 saturated carbocycles. The molecule has 2 aliphatic heterocycles. The van der Waals surface area contributed by atoms with Crippen molar-refractivity contribution in [2.75, 3.05) is 13.2 Å². The minimum absolute atomic E-state index is 0. The van der Waals surface area contributed by atoms with Gasteiger partial charge in [-0.05, 0) is 19.3 Å². The molecule has 2 fully saturated rings. The standard InChI is InChI=1S/C9H18O2Si.C6H8O2.C3H10Si.5CH4.Pt/c1-12(2,3)7-5-8-4-6-11-9(8)10;1-2-5-3-4-8-6(5)7;1-4(2)3;;;;;;/h8H,4-7H2,1-3H3;2,5H,1,3-4H2;4H,1-3H3;5*1H4;. The van der Waals surface area contributed by atoms with Crippen LogP contribution < -0.4 is 0 Å². The smallest absolute Gasteiger partial charge is 0.312 e. The van der Waals surface area contributed by atoms with Gasteiger partial charge in [-0.3, -0.25) is 9.59 Å². The number of ether oxygens (including phenoxy) is 2. The van der Waals surface area contributed by atoms with Crippen molar-refractivity contribution in [2.45, 2.75) is 102 Å². The summed E-state index contributed by atoms with van der Waals surface area (Å²) in [6, 6.07) is 1.24. The number of carbonyl (C=O) groups is 2. The van der Waals surface area contributed by atoms with E-state index < -0.39 is 8.07 Å². The Bertz CT molecular complexity index is 408. The van der Waals surface area contributed by atoms with E-state index in [1.807, 2.05) is 0 Å². The molecule has 0 spiro atoms. The van der Waals surface area contributed by atoms with Crippen LogP contribution in [0.4, 0.5) is 0 Å². The molecular formula is C23H56O4PtSi2. The molecule has 4 nitrogen and oxygen atoms in total. The second-order valence-electron chi connectivity index (χ2n) is 8.28. The average molecular weight is 648 g/mol. The van der Waals surface area contributed by atoms with Crippen molar-refractivity contribution in [1.82, 2.24) is 0 Å². The van der Waals surface area contributed by atoms with Gasteiger partial charge in [-0.2, -0.15) is 0 Å². The second kappa shape index (κ2) is 25.1. The van der Waals surface area contributed by atoms with E-state index >= 15 is 0 Å². The van der Waals surface area contributed by atoms with Crippen LogP contribution >= 0.6 is 0 Å². The van der Waals surface area contributed by atoms with Crippen molar-refractivity contribution < 1.29 is 40.1 Å². The van der Waals surface area contributed by atoms with E-state index in [9.17, 15) is 9.59 Å². The molecule has 0 aromatic carbocycles. The minimum atomic E-state index is -0.962. The van der Waals surface area contributed by atoms with Crippen LogP contribution in [0.3, 0.4) is 0 Å². The van der Waals surface area contributed by atoms with Crippen LogP contribution in [0.1, 0.15) is 56.4 Å². The molecular weight excluding hydrogens is 591 g/mol. The third-order valence-corrected chi connectivity index (χ3v) is 5.34. The predicted octanol–water partition coefficient (Wildman–Crippen LogP) is 7.29. The van der Waals surface area contributed by atoms with Gasteiger partial charge in [-0.1, -0.05) is 88.5 Å². The van der Waals surface area contributed by atoms with E-state index in [4.69, 9.17) is 4.74 Å². The summed E-state index contributed by atoms with van der Waals surface area (Å²) in [5.74, 6) is 0.0972. The van der Waals surface area contributed by atoms with Gasteiger partial charge >= 0.3 is 11.9 Å². The van der Waals surface area contributed by atoms with Gasteiger partial charge in [0.1, 0.15) is 0 Å². The molecule has 0 N–H and O–H groups in total. The van der Waals surface area contributed by atoms with E-state index in [1.165, 1.54) is 6.04 Å². The Morgan fingerprint density at radius 1 is 0.933 bits per heavy atom. The van der Waals surface area contributed by atoms with Crippen LogP contribution in [0.25, 0.3) is 0 Å². The molecule has 2 aliphatic rings. The first-order valence-corrected chi connectivity index (χ1v) is 16.2. The molecule has 2 rings (SSSR count). The van der Waals surface area contributed by atoms with Crippen LogP contribution in [0.5, 0.6) is 0 Å². The summed E-state index contributed by atoms with van der Waals surface area (Å²) < 4.78 is 9.55. The van der Waals surface area contributed by atoms with Gasteiger partial charge in [0.2, 0.25) is 0 Å². The zero-order valence-electron chi connectivity index (χ0n) is 16.7. The minimum Gasteiger partial charge on any atom is -0.465 e. The van der Waals surface area contributed by atoms with Gasteiger partial charge in [-0.15, -0.1) is 6.58 Å². The number of hydrogen-bond acceptors (Lipinski definition) is 4. The number of hydrogen-bond donors (Lipinski definition) is 0. The van der Waals surface area contributed by atoms with Gasteiger partial charge in [0, 0.05) is 37.9 Å². The third-order valence-electron chi connectivity index (χ3n) is 3.55. The summed E-state index contributed by atoms with van der Waals surface area (Å²) in [7, 11) is -1.10. The van der Waals surface area contributed by atoms with E-state index in [0.29, 0.717) is 13.2 Å². The fourth-order valence-electron chi connectivity index (χ4n) is 2.13. The zero-order valence-corrected chi connectivity index (χ0v) is 21.1. The van der Waals surface area contributed by atoms with Crippen LogP contribution in [0.15, 0.2) is 12.7 Å². The SMILES string of the molecule is C.C.C.C.C.C=CC1CCOC1=O.C[SiH](C)C.C[Si](C)(C)CCC1CCOC1=O.[Pt]. The Balaban J connectivity index is -0.0000000527. The first-order valence-electron chi connectivity index (χ1n) is 9.02. The molecule has 2 atom stereocenters. The number of esters is 2. The maximum Gasteiger partial charge on any atom is 0.312 e. The van der Waals surface area contributed by atoms with Crippen LogP contribution in [-0.2, 0) is 40.1 Å². The summed E-state index contributed by atoms with van der Waals surface area (Å²) in [4.78, 5) is 21.6.